The second kappa shape index (κ2) is 9.27. The molecule has 1 N–H and O–H groups in total. The molecule has 2 amide bonds. The predicted molar refractivity (Wildman–Crippen MR) is 129 cm³/mol. The number of methoxy groups -OCH3 is 1. The number of fused-ring (bicyclic) bond motifs is 1. The third kappa shape index (κ3) is 4.30. The van der Waals surface area contributed by atoms with E-state index in [0.717, 1.165) is 11.4 Å². The second-order valence-corrected chi connectivity index (χ2v) is 7.98. The average molecular weight is 457 g/mol. The van der Waals surface area contributed by atoms with Gasteiger partial charge in [-0.3, -0.25) is 9.59 Å². The summed E-state index contributed by atoms with van der Waals surface area (Å²) in [7, 11) is 1.57. The molecule has 1 aromatic heterocycles. The van der Waals surface area contributed by atoms with E-state index < -0.39 is 0 Å². The Morgan fingerprint density at radius 3 is 2.62 bits per heavy atom. The maximum atomic E-state index is 13.1. The lowest BCUT2D eigenvalue weighted by molar-refractivity contribution is -0.115. The lowest BCUT2D eigenvalue weighted by Crippen LogP contribution is -2.49. The van der Waals surface area contributed by atoms with Crippen LogP contribution >= 0.6 is 0 Å². The molecule has 0 bridgehead atoms. The summed E-state index contributed by atoms with van der Waals surface area (Å²) < 4.78 is 11.2. The lowest BCUT2D eigenvalue weighted by Gasteiger charge is -2.35. The van der Waals surface area contributed by atoms with Crippen molar-refractivity contribution < 1.29 is 19.1 Å². The number of piperazine rings is 1. The Morgan fingerprint density at radius 1 is 1.06 bits per heavy atom. The lowest BCUT2D eigenvalue weighted by atomic mass is 10.1. The van der Waals surface area contributed by atoms with Crippen LogP contribution in [-0.4, -0.2) is 55.0 Å². The molecule has 3 heterocycles. The molecule has 8 nitrogen and oxygen atoms in total. The molecule has 0 unspecified atom stereocenters. The van der Waals surface area contributed by atoms with Crippen LogP contribution in [0.2, 0.25) is 0 Å². The molecule has 0 saturated carbocycles. The van der Waals surface area contributed by atoms with Crippen LogP contribution in [-0.2, 0) is 4.79 Å². The zero-order valence-electron chi connectivity index (χ0n) is 18.7. The summed E-state index contributed by atoms with van der Waals surface area (Å²) in [4.78, 5) is 34.1. The van der Waals surface area contributed by atoms with Crippen LogP contribution in [0.15, 0.2) is 72.6 Å². The van der Waals surface area contributed by atoms with Crippen molar-refractivity contribution in [2.24, 2.45) is 0 Å². The first-order valence-corrected chi connectivity index (χ1v) is 11.1. The van der Waals surface area contributed by atoms with Gasteiger partial charge in [-0.2, -0.15) is 0 Å². The maximum absolute atomic E-state index is 13.1. The summed E-state index contributed by atoms with van der Waals surface area (Å²) in [6.45, 7) is 2.62. The average Bonchev–Trinajstić information content (AvgIpc) is 2.89. The van der Waals surface area contributed by atoms with Gasteiger partial charge in [0, 0.05) is 43.5 Å². The minimum absolute atomic E-state index is 0.0759. The van der Waals surface area contributed by atoms with E-state index in [0.29, 0.717) is 48.9 Å². The number of rotatable bonds is 4. The molecular weight excluding hydrogens is 432 g/mol. The molecule has 34 heavy (non-hydrogen) atoms. The first kappa shape index (κ1) is 21.5. The van der Waals surface area contributed by atoms with E-state index >= 15 is 0 Å². The third-order valence-corrected chi connectivity index (χ3v) is 5.88. The van der Waals surface area contributed by atoms with Gasteiger partial charge in [0.2, 0.25) is 0 Å². The van der Waals surface area contributed by atoms with Gasteiger partial charge >= 0.3 is 0 Å². The topological polar surface area (TPSA) is 84.0 Å². The number of amides is 2. The van der Waals surface area contributed by atoms with Gasteiger partial charge in [0.15, 0.2) is 11.5 Å². The molecule has 0 spiro atoms. The molecule has 2 aliphatic heterocycles. The summed E-state index contributed by atoms with van der Waals surface area (Å²) in [5, 5.41) is 2.83. The highest BCUT2D eigenvalue weighted by molar-refractivity contribution is 6.09. The van der Waals surface area contributed by atoms with E-state index in [4.69, 9.17) is 9.47 Å². The number of carbonyl (C=O) groups excluding carboxylic acids is 2. The Morgan fingerprint density at radius 2 is 1.85 bits per heavy atom. The van der Waals surface area contributed by atoms with Crippen LogP contribution in [0.5, 0.6) is 11.5 Å². The molecule has 8 heteroatoms. The summed E-state index contributed by atoms with van der Waals surface area (Å²) in [6.07, 6.45) is 3.41. The maximum Gasteiger partial charge on any atom is 0.291 e. The normalized spacial score (nSPS) is 16.5. The SMILES string of the molecule is COc1ccccc1/C=C1\Oc2ccc(C(=O)N3CCN(c4ccccn4)CC3)cc2NC1=O. The van der Waals surface area contributed by atoms with E-state index in [2.05, 4.69) is 15.2 Å². The highest BCUT2D eigenvalue weighted by Gasteiger charge is 2.26. The summed E-state index contributed by atoms with van der Waals surface area (Å²) in [5.41, 5.74) is 1.71. The van der Waals surface area contributed by atoms with Gasteiger partial charge in [-0.25, -0.2) is 4.98 Å². The standard InChI is InChI=1S/C26H24N4O4/c1-33-21-7-3-2-6-18(21)17-23-25(31)28-20-16-19(9-10-22(20)34-23)26(32)30-14-12-29(13-15-30)24-8-4-5-11-27-24/h2-11,16-17H,12-15H2,1H3,(H,28,31)/b23-17-. The highest BCUT2D eigenvalue weighted by Crippen LogP contribution is 2.33. The molecular formula is C26H24N4O4. The van der Waals surface area contributed by atoms with Crippen LogP contribution in [0.1, 0.15) is 15.9 Å². The zero-order valence-corrected chi connectivity index (χ0v) is 18.7. The number of ether oxygens (including phenoxy) is 2. The molecule has 2 aromatic carbocycles. The Labute approximate surface area is 197 Å². The van der Waals surface area contributed by atoms with Gasteiger partial charge in [-0.1, -0.05) is 24.3 Å². The minimum Gasteiger partial charge on any atom is -0.496 e. The highest BCUT2D eigenvalue weighted by atomic mass is 16.5. The zero-order chi connectivity index (χ0) is 23.5. The van der Waals surface area contributed by atoms with E-state index in [1.54, 1.807) is 37.6 Å². The fourth-order valence-corrected chi connectivity index (χ4v) is 4.08. The summed E-state index contributed by atoms with van der Waals surface area (Å²) in [6, 6.07) is 18.3. The van der Waals surface area contributed by atoms with Crippen molar-refractivity contribution in [3.63, 3.8) is 0 Å². The van der Waals surface area contributed by atoms with Crippen LogP contribution in [0, 0.1) is 0 Å². The van der Waals surface area contributed by atoms with Crippen molar-refractivity contribution >= 4 is 29.4 Å². The number of para-hydroxylation sites is 1. The molecule has 0 radical (unpaired) electrons. The van der Waals surface area contributed by atoms with Crippen LogP contribution < -0.4 is 19.7 Å². The quantitative estimate of drug-likeness (QED) is 0.606. The fraction of sp³-hybridized carbons (Fsp3) is 0.192. The van der Waals surface area contributed by atoms with Gasteiger partial charge in [-0.05, 0) is 42.5 Å². The van der Waals surface area contributed by atoms with Crippen molar-refractivity contribution in [1.82, 2.24) is 9.88 Å². The van der Waals surface area contributed by atoms with Gasteiger partial charge in [0.25, 0.3) is 11.8 Å². The molecule has 0 aliphatic carbocycles. The molecule has 1 fully saturated rings. The van der Waals surface area contributed by atoms with Crippen LogP contribution in [0.25, 0.3) is 6.08 Å². The molecule has 2 aliphatic rings. The number of anilines is 2. The smallest absolute Gasteiger partial charge is 0.291 e. The van der Waals surface area contributed by atoms with E-state index in [-0.39, 0.29) is 17.6 Å². The molecule has 5 rings (SSSR count). The Hall–Kier alpha value is -4.33. The van der Waals surface area contributed by atoms with Crippen molar-refractivity contribution in [3.05, 3.63) is 83.7 Å². The Bertz CT molecular complexity index is 1250. The summed E-state index contributed by atoms with van der Waals surface area (Å²) in [5.74, 6) is 1.74. The fourth-order valence-electron chi connectivity index (χ4n) is 4.08. The van der Waals surface area contributed by atoms with Crippen molar-refractivity contribution in [2.75, 3.05) is 43.5 Å². The molecule has 0 atom stereocenters. The van der Waals surface area contributed by atoms with Crippen LogP contribution in [0.4, 0.5) is 11.5 Å². The predicted octanol–water partition coefficient (Wildman–Crippen LogP) is 3.42. The number of carbonyl (C=O) groups is 2. The second-order valence-electron chi connectivity index (χ2n) is 7.98. The number of benzene rings is 2. The van der Waals surface area contributed by atoms with Gasteiger partial charge in [-0.15, -0.1) is 0 Å². The van der Waals surface area contributed by atoms with Crippen molar-refractivity contribution in [3.8, 4) is 11.5 Å². The third-order valence-electron chi connectivity index (χ3n) is 5.88. The number of aromatic nitrogens is 1. The Kier molecular flexibility index (Phi) is 5.86. The van der Waals surface area contributed by atoms with Gasteiger partial charge in [0.1, 0.15) is 11.6 Å². The van der Waals surface area contributed by atoms with E-state index in [1.807, 2.05) is 47.4 Å². The number of hydrogen-bond acceptors (Lipinski definition) is 6. The number of nitrogens with one attached hydrogen (secondary N) is 1. The number of hydrogen-bond donors (Lipinski definition) is 1. The largest absolute Gasteiger partial charge is 0.496 e. The van der Waals surface area contributed by atoms with Crippen molar-refractivity contribution in [2.45, 2.75) is 0 Å². The van der Waals surface area contributed by atoms with Gasteiger partial charge < -0.3 is 24.6 Å². The van der Waals surface area contributed by atoms with E-state index in [1.165, 1.54) is 0 Å². The molecule has 3 aromatic rings. The molecule has 172 valence electrons. The number of pyridine rings is 1. The molecule has 1 saturated heterocycles. The first-order valence-electron chi connectivity index (χ1n) is 11.1. The van der Waals surface area contributed by atoms with Gasteiger partial charge in [0.05, 0.1) is 12.8 Å². The Balaban J connectivity index is 1.29. The first-order chi connectivity index (χ1) is 16.6. The minimum atomic E-state index is -0.382. The van der Waals surface area contributed by atoms with Crippen LogP contribution in [0.3, 0.4) is 0 Å². The summed E-state index contributed by atoms with van der Waals surface area (Å²) >= 11 is 0. The van der Waals surface area contributed by atoms with E-state index in [9.17, 15) is 9.59 Å². The number of nitrogens with zero attached hydrogens (tertiary/aromatic N) is 3. The van der Waals surface area contributed by atoms with Crippen molar-refractivity contribution in [1.29, 1.82) is 0 Å². The monoisotopic (exact) mass is 456 g/mol.